The molecule has 5 nitrogen and oxygen atoms in total. The number of halogens is 2. The molecule has 0 aliphatic carbocycles. The summed E-state index contributed by atoms with van der Waals surface area (Å²) >= 11 is 11.9. The van der Waals surface area contributed by atoms with E-state index in [-0.39, 0.29) is 12.2 Å². The van der Waals surface area contributed by atoms with Gasteiger partial charge in [0.1, 0.15) is 11.4 Å². The number of imide groups is 1. The van der Waals surface area contributed by atoms with Gasteiger partial charge >= 0.3 is 6.03 Å². The first-order chi connectivity index (χ1) is 12.0. The molecule has 0 saturated carbocycles. The maximum absolute atomic E-state index is 12.5. The van der Waals surface area contributed by atoms with E-state index in [4.69, 9.17) is 27.9 Å². The van der Waals surface area contributed by atoms with Crippen molar-refractivity contribution in [3.63, 3.8) is 0 Å². The van der Waals surface area contributed by atoms with E-state index in [1.807, 2.05) is 0 Å². The largest absolute Gasteiger partial charge is 0.495 e. The maximum Gasteiger partial charge on any atom is 0.329 e. The lowest BCUT2D eigenvalue weighted by Crippen LogP contribution is -2.30. The van der Waals surface area contributed by atoms with E-state index in [0.29, 0.717) is 21.4 Å². The molecule has 1 aliphatic rings. The Hall–Kier alpha value is -2.50. The van der Waals surface area contributed by atoms with Crippen LogP contribution < -0.4 is 10.1 Å². The van der Waals surface area contributed by atoms with Crippen molar-refractivity contribution in [2.45, 2.75) is 6.54 Å². The maximum atomic E-state index is 12.5. The van der Waals surface area contributed by atoms with Crippen molar-refractivity contribution in [3.8, 4) is 5.75 Å². The van der Waals surface area contributed by atoms with Crippen molar-refractivity contribution in [2.75, 3.05) is 7.11 Å². The van der Waals surface area contributed by atoms with Gasteiger partial charge in [-0.25, -0.2) is 4.79 Å². The molecule has 1 heterocycles. The van der Waals surface area contributed by atoms with Crippen LogP contribution >= 0.6 is 23.2 Å². The molecule has 25 heavy (non-hydrogen) atoms. The Morgan fingerprint density at radius 2 is 1.84 bits per heavy atom. The van der Waals surface area contributed by atoms with Gasteiger partial charge in [0.05, 0.1) is 18.7 Å². The predicted octanol–water partition coefficient (Wildman–Crippen LogP) is 4.09. The predicted molar refractivity (Wildman–Crippen MR) is 96.5 cm³/mol. The fourth-order valence-electron chi connectivity index (χ4n) is 2.43. The second kappa shape index (κ2) is 7.17. The second-order valence-electron chi connectivity index (χ2n) is 5.40. The standard InChI is InChI=1S/C18H14Cl2N2O3/c1-25-16-7-4-12(8-14(16)20)9-15-17(23)22(18(24)21-15)10-11-2-5-13(19)6-3-11/h2-9H,10H2,1H3,(H,21,24)/b15-9-. The molecule has 1 fully saturated rings. The molecule has 0 spiro atoms. The highest BCUT2D eigenvalue weighted by Crippen LogP contribution is 2.26. The zero-order chi connectivity index (χ0) is 18.0. The summed E-state index contributed by atoms with van der Waals surface area (Å²) in [6, 6.07) is 11.6. The number of ether oxygens (including phenoxy) is 1. The monoisotopic (exact) mass is 376 g/mol. The van der Waals surface area contributed by atoms with Crippen LogP contribution in [0.3, 0.4) is 0 Å². The number of hydrogen-bond acceptors (Lipinski definition) is 3. The van der Waals surface area contributed by atoms with Crippen LogP contribution in [0.2, 0.25) is 10.0 Å². The lowest BCUT2D eigenvalue weighted by molar-refractivity contribution is -0.123. The Bertz CT molecular complexity index is 863. The molecule has 1 saturated heterocycles. The summed E-state index contributed by atoms with van der Waals surface area (Å²) in [5, 5.41) is 3.60. The quantitative estimate of drug-likeness (QED) is 0.645. The number of benzene rings is 2. The first-order valence-corrected chi connectivity index (χ1v) is 8.16. The Morgan fingerprint density at radius 3 is 2.48 bits per heavy atom. The number of carbonyl (C=O) groups excluding carboxylic acids is 2. The summed E-state index contributed by atoms with van der Waals surface area (Å²) in [5.41, 5.74) is 1.68. The van der Waals surface area contributed by atoms with E-state index in [1.165, 1.54) is 7.11 Å². The molecule has 0 radical (unpaired) electrons. The summed E-state index contributed by atoms with van der Waals surface area (Å²) < 4.78 is 5.09. The highest BCUT2D eigenvalue weighted by atomic mass is 35.5. The minimum atomic E-state index is -0.467. The molecule has 0 unspecified atom stereocenters. The Morgan fingerprint density at radius 1 is 1.12 bits per heavy atom. The zero-order valence-electron chi connectivity index (χ0n) is 13.3. The molecule has 1 aliphatic heterocycles. The van der Waals surface area contributed by atoms with Gasteiger partial charge in [0.2, 0.25) is 0 Å². The van der Waals surface area contributed by atoms with Crippen molar-refractivity contribution in [1.82, 2.24) is 10.2 Å². The number of hydrogen-bond donors (Lipinski definition) is 1. The van der Waals surface area contributed by atoms with Gasteiger partial charge in [0.25, 0.3) is 5.91 Å². The molecular weight excluding hydrogens is 363 g/mol. The van der Waals surface area contributed by atoms with Gasteiger partial charge < -0.3 is 10.1 Å². The van der Waals surface area contributed by atoms with Crippen molar-refractivity contribution in [3.05, 3.63) is 69.3 Å². The third-order valence-corrected chi connectivity index (χ3v) is 4.25. The van der Waals surface area contributed by atoms with Gasteiger partial charge in [-0.05, 0) is 41.5 Å². The van der Waals surface area contributed by atoms with Crippen LogP contribution in [0.25, 0.3) is 6.08 Å². The van der Waals surface area contributed by atoms with Crippen LogP contribution in [0, 0.1) is 0 Å². The number of rotatable bonds is 4. The molecule has 7 heteroatoms. The average Bonchev–Trinajstić information content (AvgIpc) is 2.84. The SMILES string of the molecule is COc1ccc(/C=C2\NC(=O)N(Cc3ccc(Cl)cc3)C2=O)cc1Cl. The van der Waals surface area contributed by atoms with E-state index < -0.39 is 11.9 Å². The lowest BCUT2D eigenvalue weighted by atomic mass is 10.1. The number of amides is 3. The number of urea groups is 1. The summed E-state index contributed by atoms with van der Waals surface area (Å²) in [6.07, 6.45) is 1.58. The van der Waals surface area contributed by atoms with E-state index in [1.54, 1.807) is 48.5 Å². The Balaban J connectivity index is 1.80. The van der Waals surface area contributed by atoms with Crippen LogP contribution in [0.4, 0.5) is 4.79 Å². The molecule has 128 valence electrons. The molecule has 0 bridgehead atoms. The van der Waals surface area contributed by atoms with E-state index in [2.05, 4.69) is 5.32 Å². The van der Waals surface area contributed by atoms with Crippen LogP contribution in [0.15, 0.2) is 48.2 Å². The van der Waals surface area contributed by atoms with Crippen LogP contribution in [0.5, 0.6) is 5.75 Å². The summed E-state index contributed by atoms with van der Waals surface area (Å²) in [7, 11) is 1.52. The fourth-order valence-corrected chi connectivity index (χ4v) is 2.82. The van der Waals surface area contributed by atoms with Crippen molar-refractivity contribution in [2.24, 2.45) is 0 Å². The molecule has 0 aromatic heterocycles. The Labute approximate surface area is 154 Å². The van der Waals surface area contributed by atoms with E-state index >= 15 is 0 Å². The molecule has 3 amide bonds. The van der Waals surface area contributed by atoms with Crippen molar-refractivity contribution >= 4 is 41.2 Å². The molecule has 3 rings (SSSR count). The third kappa shape index (κ3) is 3.78. The van der Waals surface area contributed by atoms with Crippen molar-refractivity contribution in [1.29, 1.82) is 0 Å². The normalized spacial score (nSPS) is 15.6. The van der Waals surface area contributed by atoms with E-state index in [0.717, 1.165) is 10.5 Å². The first kappa shape index (κ1) is 17.3. The minimum absolute atomic E-state index is 0.169. The van der Waals surface area contributed by atoms with Crippen LogP contribution in [-0.4, -0.2) is 23.9 Å². The minimum Gasteiger partial charge on any atom is -0.495 e. The number of nitrogens with zero attached hydrogens (tertiary/aromatic N) is 1. The highest BCUT2D eigenvalue weighted by Gasteiger charge is 2.33. The van der Waals surface area contributed by atoms with Crippen molar-refractivity contribution < 1.29 is 14.3 Å². The van der Waals surface area contributed by atoms with Gasteiger partial charge in [-0.2, -0.15) is 0 Å². The molecule has 0 atom stereocenters. The lowest BCUT2D eigenvalue weighted by Gasteiger charge is -2.11. The van der Waals surface area contributed by atoms with E-state index in [9.17, 15) is 9.59 Å². The molecule has 2 aromatic carbocycles. The molecule has 1 N–H and O–H groups in total. The van der Waals surface area contributed by atoms with Gasteiger partial charge in [-0.15, -0.1) is 0 Å². The van der Waals surface area contributed by atoms with Gasteiger partial charge in [0, 0.05) is 5.02 Å². The average molecular weight is 377 g/mol. The topological polar surface area (TPSA) is 58.6 Å². The zero-order valence-corrected chi connectivity index (χ0v) is 14.8. The second-order valence-corrected chi connectivity index (χ2v) is 6.24. The molecule has 2 aromatic rings. The fraction of sp³-hybridized carbons (Fsp3) is 0.111. The third-order valence-electron chi connectivity index (χ3n) is 3.70. The smallest absolute Gasteiger partial charge is 0.329 e. The van der Waals surface area contributed by atoms with Crippen LogP contribution in [-0.2, 0) is 11.3 Å². The van der Waals surface area contributed by atoms with Crippen LogP contribution in [0.1, 0.15) is 11.1 Å². The highest BCUT2D eigenvalue weighted by molar-refractivity contribution is 6.32. The first-order valence-electron chi connectivity index (χ1n) is 7.40. The number of nitrogens with one attached hydrogen (secondary N) is 1. The van der Waals surface area contributed by atoms with Gasteiger partial charge in [-0.1, -0.05) is 41.4 Å². The summed E-state index contributed by atoms with van der Waals surface area (Å²) in [5.74, 6) is 0.141. The summed E-state index contributed by atoms with van der Waals surface area (Å²) in [6.45, 7) is 0.169. The van der Waals surface area contributed by atoms with Gasteiger partial charge in [-0.3, -0.25) is 9.69 Å². The molecular formula is C18H14Cl2N2O3. The Kier molecular flexibility index (Phi) is 4.97. The number of carbonyl (C=O) groups is 2. The van der Waals surface area contributed by atoms with Gasteiger partial charge in [0.15, 0.2) is 0 Å². The number of methoxy groups -OCH3 is 1. The summed E-state index contributed by atoms with van der Waals surface area (Å²) in [4.78, 5) is 25.7.